The second-order valence-electron chi connectivity index (χ2n) is 11.0. The number of hydrogen-bond acceptors (Lipinski definition) is 6. The van der Waals surface area contributed by atoms with E-state index in [1.54, 1.807) is 12.1 Å². The Labute approximate surface area is 218 Å². The minimum atomic E-state index is -0.752. The molecule has 2 aromatic rings. The van der Waals surface area contributed by atoms with Gasteiger partial charge in [-0.05, 0) is 87.1 Å². The number of rotatable bonds is 9. The molecule has 8 heteroatoms. The van der Waals surface area contributed by atoms with Crippen molar-refractivity contribution in [2.24, 2.45) is 17.8 Å². The Bertz CT molecular complexity index is 1140. The third-order valence-electron chi connectivity index (χ3n) is 8.50. The highest BCUT2D eigenvalue weighted by Crippen LogP contribution is 2.41. The highest BCUT2D eigenvalue weighted by molar-refractivity contribution is 5.56. The van der Waals surface area contributed by atoms with Crippen LogP contribution in [-0.2, 0) is 4.74 Å². The van der Waals surface area contributed by atoms with Crippen LogP contribution in [0.5, 0.6) is 0 Å². The number of likely N-dealkylation sites (tertiary alicyclic amines) is 1. The van der Waals surface area contributed by atoms with Crippen LogP contribution in [0.15, 0.2) is 54.2 Å². The van der Waals surface area contributed by atoms with Gasteiger partial charge in [-0.25, -0.2) is 9.37 Å². The maximum atomic E-state index is 13.5. The number of imidazole rings is 1. The van der Waals surface area contributed by atoms with Crippen molar-refractivity contribution in [2.75, 3.05) is 13.2 Å². The molecule has 5 unspecified atom stereocenters. The van der Waals surface area contributed by atoms with Crippen molar-refractivity contribution in [3.63, 3.8) is 0 Å². The van der Waals surface area contributed by atoms with Crippen molar-refractivity contribution in [3.05, 3.63) is 71.3 Å². The van der Waals surface area contributed by atoms with Crippen LogP contribution >= 0.6 is 0 Å². The van der Waals surface area contributed by atoms with Gasteiger partial charge in [0.25, 0.3) is 0 Å². The summed E-state index contributed by atoms with van der Waals surface area (Å²) in [6, 6.07) is 5.99. The third kappa shape index (κ3) is 5.67. The number of halogens is 1. The van der Waals surface area contributed by atoms with E-state index < -0.39 is 12.3 Å². The molecule has 37 heavy (non-hydrogen) atoms. The second-order valence-corrected chi connectivity index (χ2v) is 11.0. The Morgan fingerprint density at radius 1 is 1.24 bits per heavy atom. The molecule has 1 aromatic heterocycles. The molecular weight excluding hydrogens is 471 g/mol. The second kappa shape index (κ2) is 11.1. The van der Waals surface area contributed by atoms with Crippen molar-refractivity contribution in [3.8, 4) is 0 Å². The average Bonchev–Trinajstić information content (AvgIpc) is 3.44. The van der Waals surface area contributed by atoms with E-state index in [0.29, 0.717) is 18.4 Å². The van der Waals surface area contributed by atoms with Crippen molar-refractivity contribution >= 4 is 5.70 Å². The number of benzene rings is 1. The molecule has 0 radical (unpaired) electrons. The summed E-state index contributed by atoms with van der Waals surface area (Å²) in [6.45, 7) is 7.68. The molecular formula is C29H39FN4O3. The molecule has 1 aliphatic heterocycles. The maximum Gasteiger partial charge on any atom is 0.139 e. The molecule has 0 amide bonds. The zero-order valence-electron chi connectivity index (χ0n) is 22.0. The smallest absolute Gasteiger partial charge is 0.139 e. The van der Waals surface area contributed by atoms with Crippen LogP contribution < -0.4 is 5.48 Å². The number of aliphatic hydroxyl groups excluding tert-OH is 1. The Morgan fingerprint density at radius 3 is 2.65 bits per heavy atom. The molecule has 6 atom stereocenters. The minimum Gasteiger partial charge on any atom is -0.491 e. The van der Waals surface area contributed by atoms with Gasteiger partial charge in [-0.2, -0.15) is 5.48 Å². The Kier molecular flexibility index (Phi) is 7.81. The van der Waals surface area contributed by atoms with E-state index in [-0.39, 0.29) is 17.8 Å². The van der Waals surface area contributed by atoms with Crippen molar-refractivity contribution < 1.29 is 19.4 Å². The molecule has 2 fully saturated rings. The topological polar surface area (TPSA) is 82.8 Å². The van der Waals surface area contributed by atoms with Crippen LogP contribution in [0.2, 0.25) is 0 Å². The first-order chi connectivity index (χ1) is 17.9. The van der Waals surface area contributed by atoms with Gasteiger partial charge in [-0.3, -0.25) is 4.90 Å². The van der Waals surface area contributed by atoms with Gasteiger partial charge in [0, 0.05) is 24.7 Å². The fraction of sp³-hybridized carbons (Fsp3) is 0.552. The fourth-order valence-corrected chi connectivity index (χ4v) is 5.92. The largest absolute Gasteiger partial charge is 0.491 e. The SMILES string of the molecule is Cc1cn(C2=C(OC[C@H]3CC3C)C=C(C(NO)C3CCCN(C(C)c4ccc(F)cc4)C3O)CC2)cn1. The number of aromatic nitrogens is 2. The molecule has 1 saturated carbocycles. The number of nitrogens with zero attached hydrogens (tertiary/aromatic N) is 3. The van der Waals surface area contributed by atoms with E-state index in [9.17, 15) is 14.7 Å². The van der Waals surface area contributed by atoms with E-state index in [2.05, 4.69) is 28.4 Å². The Hall–Kier alpha value is -2.52. The number of ether oxygens (including phenoxy) is 1. The molecule has 7 nitrogen and oxygen atoms in total. The van der Waals surface area contributed by atoms with Gasteiger partial charge < -0.3 is 19.6 Å². The first-order valence-electron chi connectivity index (χ1n) is 13.5. The number of allylic oxidation sites excluding steroid dienone is 2. The van der Waals surface area contributed by atoms with E-state index in [0.717, 1.165) is 60.5 Å². The van der Waals surface area contributed by atoms with Gasteiger partial charge in [-0.1, -0.05) is 19.1 Å². The zero-order valence-corrected chi connectivity index (χ0v) is 22.0. The summed E-state index contributed by atoms with van der Waals surface area (Å²) in [5.74, 6) is 1.64. The predicted molar refractivity (Wildman–Crippen MR) is 140 cm³/mol. The minimum absolute atomic E-state index is 0.0755. The number of nitrogens with one attached hydrogen (secondary N) is 1. The molecule has 2 aliphatic carbocycles. The summed E-state index contributed by atoms with van der Waals surface area (Å²) >= 11 is 0. The van der Waals surface area contributed by atoms with Crippen molar-refractivity contribution in [1.29, 1.82) is 0 Å². The molecule has 2 heterocycles. The van der Waals surface area contributed by atoms with Crippen LogP contribution in [0.3, 0.4) is 0 Å². The lowest BCUT2D eigenvalue weighted by atomic mass is 9.81. The summed E-state index contributed by atoms with van der Waals surface area (Å²) in [5, 5.41) is 21.8. The standard InChI is InChI=1S/C29H39FN4O3/c1-18-13-23(18)16-37-27-14-22(8-11-26(27)33-15-19(2)31-17-33)28(32-36)25-5-4-12-34(29(25)35)20(3)21-6-9-24(30)10-7-21/h6-7,9-10,14-15,17-18,20,23,25,28-29,32,35-36H,4-5,8,11-13,16H2,1-3H3/t18?,20?,23-,25?,28?,29?/m1/s1. The molecule has 0 spiro atoms. The van der Waals surface area contributed by atoms with Crippen molar-refractivity contribution in [1.82, 2.24) is 19.9 Å². The fourth-order valence-electron chi connectivity index (χ4n) is 5.92. The van der Waals surface area contributed by atoms with E-state index in [4.69, 9.17) is 4.74 Å². The first-order valence-corrected chi connectivity index (χ1v) is 13.5. The molecule has 5 rings (SSSR count). The summed E-state index contributed by atoms with van der Waals surface area (Å²) < 4.78 is 21.9. The lowest BCUT2D eigenvalue weighted by molar-refractivity contribution is -0.102. The molecule has 3 N–H and O–H groups in total. The average molecular weight is 511 g/mol. The van der Waals surface area contributed by atoms with Crippen LogP contribution in [-0.4, -0.2) is 50.2 Å². The van der Waals surface area contributed by atoms with Gasteiger partial charge >= 0.3 is 0 Å². The summed E-state index contributed by atoms with van der Waals surface area (Å²) in [7, 11) is 0. The van der Waals surface area contributed by atoms with Crippen LogP contribution in [0.4, 0.5) is 4.39 Å². The summed E-state index contributed by atoms with van der Waals surface area (Å²) in [5.41, 5.74) is 6.55. The van der Waals surface area contributed by atoms with Crippen LogP contribution in [0, 0.1) is 30.5 Å². The molecule has 200 valence electrons. The van der Waals surface area contributed by atoms with Crippen molar-refractivity contribution in [2.45, 2.75) is 71.2 Å². The normalized spacial score (nSPS) is 28.1. The summed E-state index contributed by atoms with van der Waals surface area (Å²) in [6.07, 6.45) is 9.53. The number of aliphatic hydroxyl groups is 1. The number of hydroxylamine groups is 1. The van der Waals surface area contributed by atoms with E-state index in [1.165, 1.54) is 18.6 Å². The molecule has 1 saturated heterocycles. The van der Waals surface area contributed by atoms with E-state index >= 15 is 0 Å². The van der Waals surface area contributed by atoms with Gasteiger partial charge in [-0.15, -0.1) is 0 Å². The highest BCUT2D eigenvalue weighted by Gasteiger charge is 2.40. The maximum absolute atomic E-state index is 13.5. The summed E-state index contributed by atoms with van der Waals surface area (Å²) in [4.78, 5) is 6.45. The quantitative estimate of drug-likeness (QED) is 0.411. The molecule has 3 aliphatic rings. The van der Waals surface area contributed by atoms with Crippen LogP contribution in [0.1, 0.15) is 63.3 Å². The Balaban J connectivity index is 1.38. The first kappa shape index (κ1) is 26.1. The van der Waals surface area contributed by atoms with Gasteiger partial charge in [0.1, 0.15) is 17.8 Å². The highest BCUT2D eigenvalue weighted by atomic mass is 19.1. The monoisotopic (exact) mass is 510 g/mol. The lowest BCUT2D eigenvalue weighted by Gasteiger charge is -2.44. The number of aryl methyl sites for hydroxylation is 1. The molecule has 1 aromatic carbocycles. The lowest BCUT2D eigenvalue weighted by Crippen LogP contribution is -2.53. The predicted octanol–water partition coefficient (Wildman–Crippen LogP) is 5.03. The third-order valence-corrected chi connectivity index (χ3v) is 8.50. The van der Waals surface area contributed by atoms with Gasteiger partial charge in [0.2, 0.25) is 0 Å². The number of hydrogen-bond donors (Lipinski definition) is 3. The number of piperidine rings is 1. The Morgan fingerprint density at radius 2 is 2.00 bits per heavy atom. The van der Waals surface area contributed by atoms with Gasteiger partial charge in [0.05, 0.1) is 30.4 Å². The zero-order chi connectivity index (χ0) is 26.1. The van der Waals surface area contributed by atoms with Gasteiger partial charge in [0.15, 0.2) is 0 Å². The molecule has 0 bridgehead atoms. The van der Waals surface area contributed by atoms with E-state index in [1.807, 2.05) is 30.9 Å². The van der Waals surface area contributed by atoms with Crippen LogP contribution in [0.25, 0.3) is 5.70 Å².